The van der Waals surface area contributed by atoms with Gasteiger partial charge >= 0.3 is 0 Å². The zero-order chi connectivity index (χ0) is 20.8. The molecule has 0 spiro atoms. The van der Waals surface area contributed by atoms with Crippen molar-refractivity contribution in [2.75, 3.05) is 26.9 Å². The van der Waals surface area contributed by atoms with Gasteiger partial charge in [-0.25, -0.2) is 0 Å². The molecule has 31 heavy (non-hydrogen) atoms. The molecular formula is C23H29IN4O3. The number of hydrogen-bond donors (Lipinski definition) is 2. The van der Waals surface area contributed by atoms with Crippen LogP contribution in [0, 0.1) is 0 Å². The monoisotopic (exact) mass is 536 g/mol. The molecule has 8 heteroatoms. The maximum absolute atomic E-state index is 12.6. The van der Waals surface area contributed by atoms with Gasteiger partial charge in [-0.3, -0.25) is 9.79 Å². The van der Waals surface area contributed by atoms with Crippen LogP contribution in [0.2, 0.25) is 0 Å². The Labute approximate surface area is 200 Å². The molecule has 2 aliphatic heterocycles. The molecule has 0 radical (unpaired) electrons. The number of hydrogen-bond acceptors (Lipinski definition) is 4. The maximum Gasteiger partial charge on any atom is 0.253 e. The number of nitrogens with zero attached hydrogens (tertiary/aromatic N) is 2. The van der Waals surface area contributed by atoms with E-state index in [-0.39, 0.29) is 36.7 Å². The van der Waals surface area contributed by atoms with Gasteiger partial charge in [0.25, 0.3) is 5.91 Å². The van der Waals surface area contributed by atoms with Crippen molar-refractivity contribution in [2.24, 2.45) is 4.99 Å². The molecule has 2 aromatic rings. The van der Waals surface area contributed by atoms with Gasteiger partial charge in [0.1, 0.15) is 0 Å². The van der Waals surface area contributed by atoms with Gasteiger partial charge in [-0.2, -0.15) is 0 Å². The highest BCUT2D eigenvalue weighted by atomic mass is 127. The number of benzene rings is 2. The summed E-state index contributed by atoms with van der Waals surface area (Å²) in [4.78, 5) is 18.8. The lowest BCUT2D eigenvalue weighted by Gasteiger charge is -2.26. The van der Waals surface area contributed by atoms with Gasteiger partial charge in [0.15, 0.2) is 17.5 Å². The Morgan fingerprint density at radius 3 is 2.29 bits per heavy atom. The molecule has 1 fully saturated rings. The van der Waals surface area contributed by atoms with Crippen LogP contribution < -0.4 is 20.1 Å². The van der Waals surface area contributed by atoms with E-state index >= 15 is 0 Å². The second kappa shape index (κ2) is 11.2. The Balaban J connectivity index is 0.00000272. The summed E-state index contributed by atoms with van der Waals surface area (Å²) in [6.07, 6.45) is 3.43. The molecule has 0 unspecified atom stereocenters. The molecule has 1 amide bonds. The van der Waals surface area contributed by atoms with Crippen molar-refractivity contribution in [3.05, 3.63) is 59.2 Å². The van der Waals surface area contributed by atoms with Crippen LogP contribution in [-0.2, 0) is 13.1 Å². The number of aliphatic imine (C=N–C) groups is 1. The average Bonchev–Trinajstić information content (AvgIpc) is 3.27. The first-order chi connectivity index (χ1) is 14.7. The number of halogens is 1. The summed E-state index contributed by atoms with van der Waals surface area (Å²) in [5.74, 6) is 2.40. The molecule has 0 aliphatic carbocycles. The van der Waals surface area contributed by atoms with Crippen LogP contribution in [-0.4, -0.2) is 43.7 Å². The van der Waals surface area contributed by atoms with E-state index < -0.39 is 0 Å². The minimum atomic E-state index is 0. The van der Waals surface area contributed by atoms with Gasteiger partial charge in [0.2, 0.25) is 6.79 Å². The number of fused-ring (bicyclic) bond motifs is 1. The summed E-state index contributed by atoms with van der Waals surface area (Å²) < 4.78 is 10.8. The standard InChI is InChI=1S/C23H28N4O3.HI/c1-24-23(26-15-18-7-10-20-21(13-18)30-16-29-20)25-14-17-5-8-19(9-6-17)22(28)27-11-3-2-4-12-27;/h5-10,13H,2-4,11-12,14-16H2,1H3,(H2,24,25,26);1H. The van der Waals surface area contributed by atoms with Crippen molar-refractivity contribution in [2.45, 2.75) is 32.4 Å². The summed E-state index contributed by atoms with van der Waals surface area (Å²) in [6.45, 7) is 3.26. The molecule has 0 saturated carbocycles. The third kappa shape index (κ3) is 6.03. The molecule has 2 heterocycles. The van der Waals surface area contributed by atoms with E-state index in [4.69, 9.17) is 9.47 Å². The fourth-order valence-corrected chi connectivity index (χ4v) is 3.69. The van der Waals surface area contributed by atoms with Crippen LogP contribution in [0.25, 0.3) is 0 Å². The van der Waals surface area contributed by atoms with E-state index in [0.29, 0.717) is 19.0 Å². The summed E-state index contributed by atoms with van der Waals surface area (Å²) in [7, 11) is 1.75. The number of carbonyl (C=O) groups excluding carboxylic acids is 1. The molecule has 166 valence electrons. The lowest BCUT2D eigenvalue weighted by Crippen LogP contribution is -2.36. The van der Waals surface area contributed by atoms with E-state index in [2.05, 4.69) is 15.6 Å². The smallest absolute Gasteiger partial charge is 0.253 e. The Hall–Kier alpha value is -2.49. The number of piperidine rings is 1. The fourth-order valence-electron chi connectivity index (χ4n) is 3.69. The van der Waals surface area contributed by atoms with Crippen molar-refractivity contribution >= 4 is 35.8 Å². The van der Waals surface area contributed by atoms with Crippen molar-refractivity contribution in [1.82, 2.24) is 15.5 Å². The Morgan fingerprint density at radius 2 is 1.58 bits per heavy atom. The minimum absolute atomic E-state index is 0. The largest absolute Gasteiger partial charge is 0.454 e. The van der Waals surface area contributed by atoms with Crippen LogP contribution in [0.3, 0.4) is 0 Å². The lowest BCUT2D eigenvalue weighted by molar-refractivity contribution is 0.0724. The van der Waals surface area contributed by atoms with Crippen LogP contribution in [0.4, 0.5) is 0 Å². The lowest BCUT2D eigenvalue weighted by atomic mass is 10.1. The molecule has 0 aromatic heterocycles. The minimum Gasteiger partial charge on any atom is -0.454 e. The highest BCUT2D eigenvalue weighted by Crippen LogP contribution is 2.32. The first-order valence-corrected chi connectivity index (χ1v) is 10.4. The van der Waals surface area contributed by atoms with Gasteiger partial charge in [0.05, 0.1) is 0 Å². The van der Waals surface area contributed by atoms with E-state index in [1.807, 2.05) is 47.4 Å². The van der Waals surface area contributed by atoms with E-state index in [1.54, 1.807) is 7.05 Å². The molecule has 7 nitrogen and oxygen atoms in total. The summed E-state index contributed by atoms with van der Waals surface area (Å²) in [5.41, 5.74) is 2.94. The van der Waals surface area contributed by atoms with Crippen molar-refractivity contribution in [1.29, 1.82) is 0 Å². The van der Waals surface area contributed by atoms with Gasteiger partial charge < -0.3 is 25.0 Å². The molecule has 1 saturated heterocycles. The van der Waals surface area contributed by atoms with Gasteiger partial charge in [-0.05, 0) is 54.7 Å². The second-order valence-electron chi connectivity index (χ2n) is 7.52. The Morgan fingerprint density at radius 1 is 0.935 bits per heavy atom. The molecule has 0 bridgehead atoms. The number of nitrogens with one attached hydrogen (secondary N) is 2. The second-order valence-corrected chi connectivity index (χ2v) is 7.52. The fraction of sp³-hybridized carbons (Fsp3) is 0.391. The number of carbonyl (C=O) groups is 1. The first kappa shape index (κ1) is 23.2. The SMILES string of the molecule is CN=C(NCc1ccc(C(=O)N2CCCCC2)cc1)NCc1ccc2c(c1)OCO2.I. The topological polar surface area (TPSA) is 75.2 Å². The highest BCUT2D eigenvalue weighted by molar-refractivity contribution is 14.0. The predicted octanol–water partition coefficient (Wildman–Crippen LogP) is 3.52. The van der Waals surface area contributed by atoms with Gasteiger partial charge in [-0.15, -0.1) is 24.0 Å². The van der Waals surface area contributed by atoms with E-state index in [0.717, 1.165) is 54.1 Å². The zero-order valence-corrected chi connectivity index (χ0v) is 20.1. The highest BCUT2D eigenvalue weighted by Gasteiger charge is 2.18. The molecule has 2 N–H and O–H groups in total. The number of ether oxygens (including phenoxy) is 2. The van der Waals surface area contributed by atoms with Crippen LogP contribution in [0.1, 0.15) is 40.7 Å². The summed E-state index contributed by atoms with van der Waals surface area (Å²) >= 11 is 0. The molecule has 0 atom stereocenters. The number of rotatable bonds is 5. The van der Waals surface area contributed by atoms with Crippen LogP contribution in [0.5, 0.6) is 11.5 Å². The molecular weight excluding hydrogens is 507 g/mol. The maximum atomic E-state index is 12.6. The van der Waals surface area contributed by atoms with Crippen molar-refractivity contribution in [3.8, 4) is 11.5 Å². The summed E-state index contributed by atoms with van der Waals surface area (Å²) in [5, 5.41) is 6.61. The van der Waals surface area contributed by atoms with Gasteiger partial charge in [0, 0.05) is 38.8 Å². The zero-order valence-electron chi connectivity index (χ0n) is 17.7. The van der Waals surface area contributed by atoms with Gasteiger partial charge in [-0.1, -0.05) is 18.2 Å². The van der Waals surface area contributed by atoms with Crippen molar-refractivity contribution in [3.63, 3.8) is 0 Å². The molecule has 2 aliphatic rings. The molecule has 2 aromatic carbocycles. The third-order valence-corrected chi connectivity index (χ3v) is 5.42. The predicted molar refractivity (Wildman–Crippen MR) is 131 cm³/mol. The average molecular weight is 536 g/mol. The quantitative estimate of drug-likeness (QED) is 0.348. The van der Waals surface area contributed by atoms with E-state index in [9.17, 15) is 4.79 Å². The van der Waals surface area contributed by atoms with Crippen LogP contribution >= 0.6 is 24.0 Å². The van der Waals surface area contributed by atoms with Crippen molar-refractivity contribution < 1.29 is 14.3 Å². The third-order valence-electron chi connectivity index (χ3n) is 5.42. The molecule has 4 rings (SSSR count). The number of amides is 1. The van der Waals surface area contributed by atoms with E-state index in [1.165, 1.54) is 6.42 Å². The van der Waals surface area contributed by atoms with Crippen LogP contribution in [0.15, 0.2) is 47.5 Å². The Kier molecular flexibility index (Phi) is 8.39. The first-order valence-electron chi connectivity index (χ1n) is 10.4. The normalized spacial score (nSPS) is 15.3. The summed E-state index contributed by atoms with van der Waals surface area (Å²) in [6, 6.07) is 13.7. The Bertz CT molecular complexity index is 912. The number of likely N-dealkylation sites (tertiary alicyclic amines) is 1. The number of guanidine groups is 1.